The molecule has 0 aromatic heterocycles. The Hall–Kier alpha value is -2.05. The van der Waals surface area contributed by atoms with E-state index >= 15 is 0 Å². The summed E-state index contributed by atoms with van der Waals surface area (Å²) in [5.74, 6) is 0.519. The summed E-state index contributed by atoms with van der Waals surface area (Å²) in [6.45, 7) is 4.96. The Balaban J connectivity index is 1.63. The quantitative estimate of drug-likeness (QED) is 0.329. The van der Waals surface area contributed by atoms with Crippen molar-refractivity contribution < 1.29 is 9.23 Å². The number of halogens is 2. The molecule has 1 atom stereocenters. The lowest BCUT2D eigenvalue weighted by atomic mass is 10.00. The van der Waals surface area contributed by atoms with Gasteiger partial charge in [-0.1, -0.05) is 16.8 Å². The maximum atomic E-state index is 13.0. The van der Waals surface area contributed by atoms with Gasteiger partial charge < -0.3 is 9.74 Å². The Labute approximate surface area is 174 Å². The van der Waals surface area contributed by atoms with Crippen LogP contribution in [0.1, 0.15) is 24.5 Å². The molecule has 28 heavy (non-hydrogen) atoms. The number of benzene rings is 2. The fraction of sp³-hybridized carbons (Fsp3) is 0.333. The standard InChI is InChI=1S/C21H23ClFN3OS/c1-4-26(3)13-24-21-9-14(2)18(11-19(21)22)20-10-16(27-25-20)12-28-17-7-5-15(23)6-8-17/h5-9,11,13,16H,4,10,12H2,1-3H3. The zero-order valence-corrected chi connectivity index (χ0v) is 17.7. The van der Waals surface area contributed by atoms with E-state index < -0.39 is 0 Å². The molecule has 0 aliphatic carbocycles. The lowest BCUT2D eigenvalue weighted by Gasteiger charge is -2.11. The zero-order valence-electron chi connectivity index (χ0n) is 16.2. The molecular weight excluding hydrogens is 397 g/mol. The molecule has 1 heterocycles. The normalized spacial score (nSPS) is 16.3. The molecule has 2 aromatic rings. The van der Waals surface area contributed by atoms with E-state index in [0.29, 0.717) is 11.4 Å². The Bertz CT molecular complexity index is 886. The van der Waals surface area contributed by atoms with Crippen LogP contribution in [0.25, 0.3) is 0 Å². The number of oxime groups is 1. The van der Waals surface area contributed by atoms with E-state index in [1.54, 1.807) is 30.2 Å². The van der Waals surface area contributed by atoms with Crippen molar-refractivity contribution in [3.8, 4) is 0 Å². The monoisotopic (exact) mass is 419 g/mol. The SMILES string of the molecule is CCN(C)C=Nc1cc(C)c(C2=NOC(CSc3ccc(F)cc3)C2)cc1Cl. The second kappa shape index (κ2) is 9.43. The number of aryl methyl sites for hydroxylation is 1. The number of thioether (sulfide) groups is 1. The smallest absolute Gasteiger partial charge is 0.142 e. The van der Waals surface area contributed by atoms with Crippen molar-refractivity contribution in [3.63, 3.8) is 0 Å². The first kappa shape index (κ1) is 20.7. The number of hydrogen-bond acceptors (Lipinski definition) is 4. The molecule has 148 valence electrons. The average molecular weight is 420 g/mol. The van der Waals surface area contributed by atoms with Crippen LogP contribution in [0.5, 0.6) is 0 Å². The van der Waals surface area contributed by atoms with Crippen LogP contribution in [0, 0.1) is 12.7 Å². The van der Waals surface area contributed by atoms with E-state index in [4.69, 9.17) is 16.4 Å². The number of hydrogen-bond donors (Lipinski definition) is 0. The highest BCUT2D eigenvalue weighted by molar-refractivity contribution is 7.99. The van der Waals surface area contributed by atoms with Crippen molar-refractivity contribution in [2.75, 3.05) is 19.3 Å². The molecule has 0 fully saturated rings. The van der Waals surface area contributed by atoms with Crippen LogP contribution >= 0.6 is 23.4 Å². The van der Waals surface area contributed by atoms with E-state index in [-0.39, 0.29) is 11.9 Å². The van der Waals surface area contributed by atoms with Crippen LogP contribution in [0.15, 0.2) is 51.4 Å². The van der Waals surface area contributed by atoms with Gasteiger partial charge in [0.25, 0.3) is 0 Å². The summed E-state index contributed by atoms with van der Waals surface area (Å²) in [5.41, 5.74) is 3.68. The van der Waals surface area contributed by atoms with Gasteiger partial charge in [-0.3, -0.25) is 0 Å². The van der Waals surface area contributed by atoms with E-state index in [0.717, 1.165) is 39.7 Å². The Morgan fingerprint density at radius 2 is 2.11 bits per heavy atom. The third-order valence-electron chi connectivity index (χ3n) is 4.48. The third kappa shape index (κ3) is 5.26. The lowest BCUT2D eigenvalue weighted by molar-refractivity contribution is 0.103. The van der Waals surface area contributed by atoms with Crippen LogP contribution < -0.4 is 0 Å². The van der Waals surface area contributed by atoms with Gasteiger partial charge in [-0.05, 0) is 55.8 Å². The molecule has 2 aromatic carbocycles. The van der Waals surface area contributed by atoms with Crippen LogP contribution in [0.2, 0.25) is 5.02 Å². The van der Waals surface area contributed by atoms with Gasteiger partial charge in [0.1, 0.15) is 11.9 Å². The van der Waals surface area contributed by atoms with Gasteiger partial charge >= 0.3 is 0 Å². The van der Waals surface area contributed by atoms with Crippen LogP contribution in [0.3, 0.4) is 0 Å². The van der Waals surface area contributed by atoms with Crippen molar-refractivity contribution in [1.29, 1.82) is 0 Å². The minimum atomic E-state index is -0.228. The topological polar surface area (TPSA) is 37.2 Å². The second-order valence-electron chi connectivity index (χ2n) is 6.67. The van der Waals surface area contributed by atoms with E-state index in [9.17, 15) is 4.39 Å². The average Bonchev–Trinajstić information content (AvgIpc) is 3.16. The lowest BCUT2D eigenvalue weighted by Crippen LogP contribution is -2.14. The van der Waals surface area contributed by atoms with Crippen molar-refractivity contribution in [2.45, 2.75) is 31.3 Å². The van der Waals surface area contributed by atoms with Crippen LogP contribution in [-0.4, -0.2) is 42.4 Å². The third-order valence-corrected chi connectivity index (χ3v) is 5.93. The van der Waals surface area contributed by atoms with Gasteiger partial charge in [-0.2, -0.15) is 0 Å². The first-order valence-electron chi connectivity index (χ1n) is 9.12. The van der Waals surface area contributed by atoms with Gasteiger partial charge in [0.15, 0.2) is 0 Å². The molecule has 0 spiro atoms. The van der Waals surface area contributed by atoms with Gasteiger partial charge in [0.05, 0.1) is 22.8 Å². The molecule has 3 rings (SSSR count). The van der Waals surface area contributed by atoms with Crippen molar-refractivity contribution in [2.24, 2.45) is 10.1 Å². The minimum absolute atomic E-state index is 0.0147. The first-order chi connectivity index (χ1) is 13.5. The maximum Gasteiger partial charge on any atom is 0.142 e. The molecule has 0 saturated heterocycles. The van der Waals surface area contributed by atoms with Gasteiger partial charge in [0, 0.05) is 36.2 Å². The molecule has 0 saturated carbocycles. The summed E-state index contributed by atoms with van der Waals surface area (Å²) >= 11 is 8.06. The Morgan fingerprint density at radius 1 is 1.36 bits per heavy atom. The van der Waals surface area contributed by atoms with E-state index in [1.165, 1.54) is 12.1 Å². The number of rotatable bonds is 7. The molecule has 1 aliphatic heterocycles. The molecule has 1 unspecified atom stereocenters. The first-order valence-corrected chi connectivity index (χ1v) is 10.5. The molecule has 0 amide bonds. The summed E-state index contributed by atoms with van der Waals surface area (Å²) in [4.78, 5) is 13.0. The minimum Gasteiger partial charge on any atom is -0.391 e. The largest absolute Gasteiger partial charge is 0.391 e. The second-order valence-corrected chi connectivity index (χ2v) is 8.17. The Kier molecular flexibility index (Phi) is 6.97. The van der Waals surface area contributed by atoms with Gasteiger partial charge in [-0.25, -0.2) is 9.38 Å². The van der Waals surface area contributed by atoms with Crippen molar-refractivity contribution in [1.82, 2.24) is 4.90 Å². The zero-order chi connectivity index (χ0) is 20.1. The predicted molar refractivity (Wildman–Crippen MR) is 116 cm³/mol. The molecular formula is C21H23ClFN3OS. The molecule has 4 nitrogen and oxygen atoms in total. The van der Waals surface area contributed by atoms with Crippen LogP contribution in [0.4, 0.5) is 10.1 Å². The summed E-state index contributed by atoms with van der Waals surface area (Å²) in [6, 6.07) is 10.4. The maximum absolute atomic E-state index is 13.0. The number of aliphatic imine (C=N–C) groups is 1. The molecule has 0 N–H and O–H groups in total. The molecule has 0 radical (unpaired) electrons. The van der Waals surface area contributed by atoms with E-state index in [1.807, 2.05) is 31.0 Å². The Morgan fingerprint density at radius 3 is 2.82 bits per heavy atom. The summed E-state index contributed by atoms with van der Waals surface area (Å²) in [5, 5.41) is 4.86. The predicted octanol–water partition coefficient (Wildman–Crippen LogP) is 5.68. The van der Waals surface area contributed by atoms with Crippen molar-refractivity contribution in [3.05, 3.63) is 58.4 Å². The van der Waals surface area contributed by atoms with Crippen molar-refractivity contribution >= 4 is 41.1 Å². The molecule has 7 heteroatoms. The fourth-order valence-electron chi connectivity index (χ4n) is 2.72. The fourth-order valence-corrected chi connectivity index (χ4v) is 3.81. The summed E-state index contributed by atoms with van der Waals surface area (Å²) < 4.78 is 13.0. The molecule has 1 aliphatic rings. The highest BCUT2D eigenvalue weighted by atomic mass is 35.5. The highest BCUT2D eigenvalue weighted by Gasteiger charge is 2.24. The summed E-state index contributed by atoms with van der Waals surface area (Å²) in [7, 11) is 1.97. The van der Waals surface area contributed by atoms with Gasteiger partial charge in [0.2, 0.25) is 0 Å². The van der Waals surface area contributed by atoms with Gasteiger partial charge in [-0.15, -0.1) is 11.8 Å². The highest BCUT2D eigenvalue weighted by Crippen LogP contribution is 2.31. The van der Waals surface area contributed by atoms with Crippen LogP contribution in [-0.2, 0) is 4.84 Å². The van der Waals surface area contributed by atoms with E-state index in [2.05, 4.69) is 17.1 Å². The summed E-state index contributed by atoms with van der Waals surface area (Å²) in [6.07, 6.45) is 2.48. The number of nitrogens with zero attached hydrogens (tertiary/aromatic N) is 3. The molecule has 0 bridgehead atoms.